The Labute approximate surface area is 123 Å². The topological polar surface area (TPSA) is 32.5 Å². The van der Waals surface area contributed by atoms with Crippen LogP contribution in [0.2, 0.25) is 0 Å². The minimum absolute atomic E-state index is 0.228. The first kappa shape index (κ1) is 15.3. The van der Waals surface area contributed by atoms with E-state index in [0.717, 1.165) is 18.9 Å². The molecule has 1 aromatic carbocycles. The van der Waals surface area contributed by atoms with Gasteiger partial charge in [0.1, 0.15) is 0 Å². The normalized spacial score (nSPS) is 21.1. The zero-order chi connectivity index (χ0) is 14.7. The highest BCUT2D eigenvalue weighted by atomic mass is 15.1. The number of likely N-dealkylation sites (tertiary alicyclic amines) is 1. The third kappa shape index (κ3) is 3.97. The second-order valence-electron chi connectivity index (χ2n) is 6.59. The molecule has 2 atom stereocenters. The molecule has 1 saturated heterocycles. The average Bonchev–Trinajstić information content (AvgIpc) is 2.76. The van der Waals surface area contributed by atoms with E-state index in [4.69, 9.17) is 5.73 Å². The smallest absolute Gasteiger partial charge is 0.0366 e. The lowest BCUT2D eigenvalue weighted by atomic mass is 10.0. The van der Waals surface area contributed by atoms with Gasteiger partial charge in [0.25, 0.3) is 0 Å². The quantitative estimate of drug-likeness (QED) is 0.895. The number of aryl methyl sites for hydroxylation is 1. The van der Waals surface area contributed by atoms with Gasteiger partial charge < -0.3 is 15.5 Å². The number of anilines is 1. The summed E-state index contributed by atoms with van der Waals surface area (Å²) in [5.74, 6) is 0.800. The number of rotatable bonds is 5. The summed E-state index contributed by atoms with van der Waals surface area (Å²) in [5, 5.41) is 0. The summed E-state index contributed by atoms with van der Waals surface area (Å²) >= 11 is 0. The lowest BCUT2D eigenvalue weighted by Crippen LogP contribution is -2.27. The molecule has 1 heterocycles. The monoisotopic (exact) mass is 275 g/mol. The molecule has 3 heteroatoms. The van der Waals surface area contributed by atoms with Crippen molar-refractivity contribution in [3.8, 4) is 0 Å². The second kappa shape index (κ2) is 6.59. The van der Waals surface area contributed by atoms with Crippen molar-refractivity contribution in [1.82, 2.24) is 4.90 Å². The minimum Gasteiger partial charge on any atom is -0.374 e. The van der Waals surface area contributed by atoms with Gasteiger partial charge in [0.15, 0.2) is 0 Å². The lowest BCUT2D eigenvalue weighted by molar-refractivity contribution is 0.396. The zero-order valence-corrected chi connectivity index (χ0v) is 13.4. The summed E-state index contributed by atoms with van der Waals surface area (Å²) in [6, 6.07) is 7.01. The van der Waals surface area contributed by atoms with Crippen molar-refractivity contribution in [1.29, 1.82) is 0 Å². The van der Waals surface area contributed by atoms with Crippen molar-refractivity contribution in [2.45, 2.75) is 32.7 Å². The summed E-state index contributed by atoms with van der Waals surface area (Å²) < 4.78 is 0. The van der Waals surface area contributed by atoms with Crippen LogP contribution < -0.4 is 10.6 Å². The SMILES string of the molecule is Cc1cc(N(C)CC2CCN(C)C2)ccc1CC(C)N. The summed E-state index contributed by atoms with van der Waals surface area (Å²) in [6.45, 7) is 7.88. The van der Waals surface area contributed by atoms with Crippen LogP contribution in [-0.2, 0) is 6.42 Å². The van der Waals surface area contributed by atoms with E-state index in [-0.39, 0.29) is 6.04 Å². The maximum atomic E-state index is 5.90. The molecular weight excluding hydrogens is 246 g/mol. The molecule has 0 bridgehead atoms. The molecule has 1 aliphatic rings. The van der Waals surface area contributed by atoms with Crippen LogP contribution >= 0.6 is 0 Å². The molecule has 1 aromatic rings. The maximum absolute atomic E-state index is 5.90. The lowest BCUT2D eigenvalue weighted by Gasteiger charge is -2.24. The number of nitrogens with zero attached hydrogens (tertiary/aromatic N) is 2. The highest BCUT2D eigenvalue weighted by molar-refractivity contribution is 5.50. The van der Waals surface area contributed by atoms with Crippen LogP contribution in [0.25, 0.3) is 0 Å². The van der Waals surface area contributed by atoms with Crippen LogP contribution in [0.3, 0.4) is 0 Å². The van der Waals surface area contributed by atoms with E-state index < -0.39 is 0 Å². The molecule has 0 spiro atoms. The van der Waals surface area contributed by atoms with Gasteiger partial charge in [-0.15, -0.1) is 0 Å². The third-order valence-electron chi connectivity index (χ3n) is 4.33. The van der Waals surface area contributed by atoms with E-state index in [1.807, 2.05) is 0 Å². The van der Waals surface area contributed by atoms with E-state index in [9.17, 15) is 0 Å². The van der Waals surface area contributed by atoms with Gasteiger partial charge in [-0.25, -0.2) is 0 Å². The molecule has 20 heavy (non-hydrogen) atoms. The van der Waals surface area contributed by atoms with Gasteiger partial charge in [-0.3, -0.25) is 0 Å². The van der Waals surface area contributed by atoms with E-state index >= 15 is 0 Å². The van der Waals surface area contributed by atoms with Gasteiger partial charge in [-0.1, -0.05) is 6.07 Å². The Kier molecular flexibility index (Phi) is 5.06. The van der Waals surface area contributed by atoms with Gasteiger partial charge in [0.2, 0.25) is 0 Å². The van der Waals surface area contributed by atoms with Crippen LogP contribution in [0.1, 0.15) is 24.5 Å². The number of nitrogens with two attached hydrogens (primary N) is 1. The molecule has 0 aliphatic carbocycles. The predicted molar refractivity (Wildman–Crippen MR) is 87.4 cm³/mol. The first-order valence-electron chi connectivity index (χ1n) is 7.70. The van der Waals surface area contributed by atoms with Gasteiger partial charge in [0.05, 0.1) is 0 Å². The molecule has 0 saturated carbocycles. The fourth-order valence-corrected chi connectivity index (χ4v) is 3.16. The van der Waals surface area contributed by atoms with Crippen molar-refractivity contribution in [2.75, 3.05) is 38.6 Å². The van der Waals surface area contributed by atoms with Crippen LogP contribution in [0.15, 0.2) is 18.2 Å². The fourth-order valence-electron chi connectivity index (χ4n) is 3.16. The van der Waals surface area contributed by atoms with Crippen LogP contribution in [0.4, 0.5) is 5.69 Å². The predicted octanol–water partition coefficient (Wildman–Crippen LogP) is 2.27. The molecule has 3 nitrogen and oxygen atoms in total. The molecule has 2 N–H and O–H groups in total. The fraction of sp³-hybridized carbons (Fsp3) is 0.647. The Morgan fingerprint density at radius 1 is 1.45 bits per heavy atom. The molecule has 2 unspecified atom stereocenters. The summed E-state index contributed by atoms with van der Waals surface area (Å²) in [5.41, 5.74) is 9.95. The standard InChI is InChI=1S/C17H29N3/c1-13-9-17(6-5-16(13)10-14(2)18)20(4)12-15-7-8-19(3)11-15/h5-6,9,14-15H,7-8,10-12,18H2,1-4H3. The summed E-state index contributed by atoms with van der Waals surface area (Å²) in [7, 11) is 4.42. The van der Waals surface area contributed by atoms with Crippen LogP contribution in [0.5, 0.6) is 0 Å². The highest BCUT2D eigenvalue weighted by Gasteiger charge is 2.21. The largest absolute Gasteiger partial charge is 0.374 e. The van der Waals surface area contributed by atoms with Crippen LogP contribution in [-0.4, -0.2) is 44.7 Å². The average molecular weight is 275 g/mol. The van der Waals surface area contributed by atoms with Crippen molar-refractivity contribution in [3.63, 3.8) is 0 Å². The highest BCUT2D eigenvalue weighted by Crippen LogP contribution is 2.22. The van der Waals surface area contributed by atoms with Crippen molar-refractivity contribution in [3.05, 3.63) is 29.3 Å². The minimum atomic E-state index is 0.228. The van der Waals surface area contributed by atoms with Crippen LogP contribution in [0, 0.1) is 12.8 Å². The molecule has 1 aliphatic heterocycles. The first-order valence-corrected chi connectivity index (χ1v) is 7.70. The van der Waals surface area contributed by atoms with E-state index in [1.54, 1.807) is 0 Å². The first-order chi connectivity index (χ1) is 9.45. The zero-order valence-electron chi connectivity index (χ0n) is 13.4. The Bertz CT molecular complexity index is 442. The summed E-state index contributed by atoms with van der Waals surface area (Å²) in [6.07, 6.45) is 2.28. The molecule has 1 fully saturated rings. The van der Waals surface area contributed by atoms with E-state index in [0.29, 0.717) is 0 Å². The Morgan fingerprint density at radius 2 is 2.20 bits per heavy atom. The number of hydrogen-bond acceptors (Lipinski definition) is 3. The van der Waals surface area contributed by atoms with Crippen molar-refractivity contribution in [2.24, 2.45) is 11.7 Å². The van der Waals surface area contributed by atoms with Gasteiger partial charge in [-0.2, -0.15) is 0 Å². The molecule has 112 valence electrons. The van der Waals surface area contributed by atoms with Crippen molar-refractivity contribution < 1.29 is 0 Å². The molecule has 2 rings (SSSR count). The van der Waals surface area contributed by atoms with Gasteiger partial charge >= 0.3 is 0 Å². The van der Waals surface area contributed by atoms with E-state index in [2.05, 4.69) is 55.9 Å². The molecule has 0 radical (unpaired) electrons. The number of benzene rings is 1. The second-order valence-corrected chi connectivity index (χ2v) is 6.59. The molecular formula is C17H29N3. The Balaban J connectivity index is 1.99. The maximum Gasteiger partial charge on any atom is 0.0366 e. The van der Waals surface area contributed by atoms with Gasteiger partial charge in [0, 0.05) is 31.9 Å². The Morgan fingerprint density at radius 3 is 2.75 bits per heavy atom. The van der Waals surface area contributed by atoms with Gasteiger partial charge in [-0.05, 0) is 69.5 Å². The van der Waals surface area contributed by atoms with E-state index in [1.165, 1.54) is 36.3 Å². The third-order valence-corrected chi connectivity index (χ3v) is 4.33. The number of hydrogen-bond donors (Lipinski definition) is 1. The van der Waals surface area contributed by atoms with Crippen molar-refractivity contribution >= 4 is 5.69 Å². The molecule has 0 aromatic heterocycles. The molecule has 0 amide bonds. The summed E-state index contributed by atoms with van der Waals surface area (Å²) in [4.78, 5) is 4.82. The Hall–Kier alpha value is -1.06.